The lowest BCUT2D eigenvalue weighted by atomic mass is 10.4. The fourth-order valence-electron chi connectivity index (χ4n) is 0. The van der Waals surface area contributed by atoms with Crippen LogP contribution < -0.4 is 0 Å². The Morgan fingerprint density at radius 1 is 1.50 bits per heavy atom. The van der Waals surface area contributed by atoms with Gasteiger partial charge in [0.1, 0.15) is 0 Å². The van der Waals surface area contributed by atoms with Crippen LogP contribution in [0.4, 0.5) is 0 Å². The quantitative estimate of drug-likeness (QED) is 0.528. The van der Waals surface area contributed by atoms with Gasteiger partial charge in [-0.05, 0) is 6.92 Å². The molecule has 0 spiro atoms. The van der Waals surface area contributed by atoms with E-state index in [1.54, 1.807) is 0 Å². The molecule has 0 atom stereocenters. The smallest absolute Gasteiger partial charge is 0.330 e. The molecular weight excluding hydrogens is 175 g/mol. The van der Waals surface area contributed by atoms with Crippen LogP contribution in [0.25, 0.3) is 0 Å². The van der Waals surface area contributed by atoms with E-state index in [1.807, 2.05) is 0 Å². The number of carboxylic acid groups (broad SMARTS) is 1. The lowest BCUT2D eigenvalue weighted by Gasteiger charge is -1.79. The second kappa shape index (κ2) is 8.79. The minimum Gasteiger partial charge on any atom is -0.478 e. The molecule has 0 aliphatic heterocycles. The molecule has 1 N–H and O–H groups in total. The van der Waals surface area contributed by atoms with Crippen molar-refractivity contribution in [2.45, 2.75) is 6.92 Å². The molecule has 0 heterocycles. The number of rotatable bonds is 2. The van der Waals surface area contributed by atoms with Gasteiger partial charge in [0.2, 0.25) is 0 Å². The molecule has 0 aliphatic rings. The standard InChI is InChI=1S/C4H6O2.C2H4Cl2/c1-3(2)4(5)6;3-1-2-4/h1H2,2H3,(H,5,6);1-2H2. The molecule has 0 aromatic rings. The van der Waals surface area contributed by atoms with Gasteiger partial charge in [-0.3, -0.25) is 0 Å². The van der Waals surface area contributed by atoms with Crippen molar-refractivity contribution >= 4 is 29.2 Å². The number of hydrogen-bond acceptors (Lipinski definition) is 1. The predicted molar refractivity (Wildman–Crippen MR) is 43.9 cm³/mol. The van der Waals surface area contributed by atoms with E-state index in [2.05, 4.69) is 6.58 Å². The van der Waals surface area contributed by atoms with Gasteiger partial charge < -0.3 is 5.11 Å². The van der Waals surface area contributed by atoms with Crippen molar-refractivity contribution < 1.29 is 9.90 Å². The van der Waals surface area contributed by atoms with Crippen molar-refractivity contribution in [3.8, 4) is 0 Å². The molecule has 0 bridgehead atoms. The topological polar surface area (TPSA) is 37.3 Å². The first kappa shape index (κ1) is 12.5. The van der Waals surface area contributed by atoms with E-state index in [1.165, 1.54) is 6.92 Å². The zero-order chi connectivity index (χ0) is 8.57. The highest BCUT2D eigenvalue weighted by Crippen LogP contribution is 1.81. The van der Waals surface area contributed by atoms with E-state index in [0.717, 1.165) is 0 Å². The van der Waals surface area contributed by atoms with Gasteiger partial charge in [0.25, 0.3) is 0 Å². The summed E-state index contributed by atoms with van der Waals surface area (Å²) in [5, 5.41) is 7.89. The molecule has 10 heavy (non-hydrogen) atoms. The third-order valence-electron chi connectivity index (χ3n) is 0.437. The monoisotopic (exact) mass is 184 g/mol. The number of alkyl halides is 2. The number of carbonyl (C=O) groups is 1. The number of aliphatic carboxylic acids is 1. The molecule has 0 saturated heterocycles. The van der Waals surface area contributed by atoms with Gasteiger partial charge in [0.15, 0.2) is 0 Å². The molecule has 60 valence electrons. The summed E-state index contributed by atoms with van der Waals surface area (Å²) in [4.78, 5) is 9.60. The minimum atomic E-state index is -0.935. The van der Waals surface area contributed by atoms with Crippen LogP contribution in [0.3, 0.4) is 0 Å². The Hall–Kier alpha value is -0.210. The summed E-state index contributed by atoms with van der Waals surface area (Å²) < 4.78 is 0. The van der Waals surface area contributed by atoms with Crippen molar-refractivity contribution in [1.29, 1.82) is 0 Å². The second-order valence-electron chi connectivity index (χ2n) is 1.46. The molecule has 0 radical (unpaired) electrons. The summed E-state index contributed by atoms with van der Waals surface area (Å²) in [5.41, 5.74) is 0.176. The Bertz CT molecular complexity index is 98.3. The van der Waals surface area contributed by atoms with E-state index in [4.69, 9.17) is 28.3 Å². The number of hydrogen-bond donors (Lipinski definition) is 1. The maximum absolute atomic E-state index is 9.60. The average Bonchev–Trinajstić information content (AvgIpc) is 1.89. The van der Waals surface area contributed by atoms with Crippen LogP contribution in [-0.2, 0) is 4.79 Å². The first-order valence-corrected chi connectivity index (χ1v) is 3.63. The first-order chi connectivity index (χ1) is 4.56. The molecule has 0 saturated carbocycles. The van der Waals surface area contributed by atoms with Crippen molar-refractivity contribution in [2.24, 2.45) is 0 Å². The highest BCUT2D eigenvalue weighted by Gasteiger charge is 1.90. The van der Waals surface area contributed by atoms with Crippen LogP contribution in [0.2, 0.25) is 0 Å². The molecular formula is C6H10Cl2O2. The molecule has 0 rings (SSSR count). The first-order valence-electron chi connectivity index (χ1n) is 2.57. The van der Waals surface area contributed by atoms with E-state index in [-0.39, 0.29) is 5.57 Å². The van der Waals surface area contributed by atoms with E-state index in [0.29, 0.717) is 11.8 Å². The summed E-state index contributed by atoms with van der Waals surface area (Å²) in [7, 11) is 0. The lowest BCUT2D eigenvalue weighted by Crippen LogP contribution is -1.92. The molecule has 0 aromatic heterocycles. The van der Waals surface area contributed by atoms with Crippen LogP contribution in [-0.4, -0.2) is 22.8 Å². The molecule has 2 nitrogen and oxygen atoms in total. The summed E-state index contributed by atoms with van der Waals surface area (Å²) in [6, 6.07) is 0. The Morgan fingerprint density at radius 3 is 1.70 bits per heavy atom. The summed E-state index contributed by atoms with van der Waals surface area (Å²) >= 11 is 10.1. The number of halogens is 2. The summed E-state index contributed by atoms with van der Waals surface area (Å²) in [6.45, 7) is 4.60. The number of carboxylic acids is 1. The van der Waals surface area contributed by atoms with Crippen molar-refractivity contribution in [3.63, 3.8) is 0 Å². The molecule has 0 aromatic carbocycles. The van der Waals surface area contributed by atoms with E-state index >= 15 is 0 Å². The third kappa shape index (κ3) is 15.7. The summed E-state index contributed by atoms with van der Waals surface area (Å²) in [6.07, 6.45) is 0. The van der Waals surface area contributed by atoms with Gasteiger partial charge in [-0.1, -0.05) is 6.58 Å². The SMILES string of the molecule is C=C(C)C(=O)O.ClCCCl. The molecule has 0 amide bonds. The fraction of sp³-hybridized carbons (Fsp3) is 0.500. The van der Waals surface area contributed by atoms with Crippen molar-refractivity contribution in [3.05, 3.63) is 12.2 Å². The molecule has 4 heteroatoms. The lowest BCUT2D eigenvalue weighted by molar-refractivity contribution is -0.132. The van der Waals surface area contributed by atoms with Crippen LogP contribution in [0.15, 0.2) is 12.2 Å². The maximum atomic E-state index is 9.60. The van der Waals surface area contributed by atoms with Crippen LogP contribution in [0.1, 0.15) is 6.92 Å². The van der Waals surface area contributed by atoms with Gasteiger partial charge in [-0.2, -0.15) is 0 Å². The largest absolute Gasteiger partial charge is 0.478 e. The van der Waals surface area contributed by atoms with Gasteiger partial charge in [0, 0.05) is 17.3 Å². The molecule has 0 aliphatic carbocycles. The Balaban J connectivity index is 0. The minimum absolute atomic E-state index is 0.176. The zero-order valence-electron chi connectivity index (χ0n) is 5.73. The highest BCUT2D eigenvalue weighted by molar-refractivity contribution is 6.25. The van der Waals surface area contributed by atoms with Crippen LogP contribution in [0, 0.1) is 0 Å². The third-order valence-corrected chi connectivity index (χ3v) is 1.01. The second-order valence-corrected chi connectivity index (χ2v) is 2.22. The molecule has 0 fully saturated rings. The normalized spacial score (nSPS) is 7.50. The van der Waals surface area contributed by atoms with Gasteiger partial charge >= 0.3 is 5.97 Å². The fourth-order valence-corrected chi connectivity index (χ4v) is 0. The summed E-state index contributed by atoms with van der Waals surface area (Å²) in [5.74, 6) is 0.179. The van der Waals surface area contributed by atoms with Gasteiger partial charge in [-0.25, -0.2) is 4.79 Å². The van der Waals surface area contributed by atoms with Crippen molar-refractivity contribution in [2.75, 3.05) is 11.8 Å². The zero-order valence-corrected chi connectivity index (χ0v) is 7.24. The van der Waals surface area contributed by atoms with Gasteiger partial charge in [0.05, 0.1) is 0 Å². The van der Waals surface area contributed by atoms with E-state index in [9.17, 15) is 4.79 Å². The van der Waals surface area contributed by atoms with Crippen LogP contribution in [0.5, 0.6) is 0 Å². The Morgan fingerprint density at radius 2 is 1.70 bits per heavy atom. The molecule has 0 unspecified atom stereocenters. The maximum Gasteiger partial charge on any atom is 0.330 e. The highest BCUT2D eigenvalue weighted by atomic mass is 35.5. The average molecular weight is 185 g/mol. The van der Waals surface area contributed by atoms with Crippen molar-refractivity contribution in [1.82, 2.24) is 0 Å². The van der Waals surface area contributed by atoms with E-state index < -0.39 is 5.97 Å². The predicted octanol–water partition coefficient (Wildman–Crippen LogP) is 2.11. The van der Waals surface area contributed by atoms with Gasteiger partial charge in [-0.15, -0.1) is 23.2 Å². The Kier molecular flexibility index (Phi) is 11.0. The van der Waals surface area contributed by atoms with Crippen LogP contribution >= 0.6 is 23.2 Å². The Labute approximate surface area is 70.4 Å².